The molecule has 0 bridgehead atoms. The van der Waals surface area contributed by atoms with Crippen molar-refractivity contribution in [1.29, 1.82) is 0 Å². The molecule has 4 rings (SSSR count). The predicted molar refractivity (Wildman–Crippen MR) is 95.9 cm³/mol. The Bertz CT molecular complexity index is 646. The number of para-hydroxylation sites is 2. The molecule has 0 N–H and O–H groups in total. The molecule has 2 fully saturated rings. The quantitative estimate of drug-likeness (QED) is 0.845. The average Bonchev–Trinajstić information content (AvgIpc) is 2.88. The van der Waals surface area contributed by atoms with Gasteiger partial charge in [0.15, 0.2) is 11.5 Å². The number of hydrogen-bond acceptors (Lipinski definition) is 4. The van der Waals surface area contributed by atoms with E-state index >= 15 is 0 Å². The van der Waals surface area contributed by atoms with Crippen LogP contribution in [0, 0.1) is 5.41 Å². The Morgan fingerprint density at radius 3 is 2.76 bits per heavy atom. The fourth-order valence-electron chi connectivity index (χ4n) is 4.24. The van der Waals surface area contributed by atoms with Crippen LogP contribution in [-0.2, 0) is 4.79 Å². The third-order valence-electron chi connectivity index (χ3n) is 5.77. The topological polar surface area (TPSA) is 42.0 Å². The number of carbonyl (C=O) groups is 1. The second kappa shape index (κ2) is 6.52. The predicted octanol–water partition coefficient (Wildman–Crippen LogP) is 2.55. The summed E-state index contributed by atoms with van der Waals surface area (Å²) in [7, 11) is 0. The fraction of sp³-hybridized carbons (Fsp3) is 0.650. The summed E-state index contributed by atoms with van der Waals surface area (Å²) in [6.45, 7) is 8.51. The van der Waals surface area contributed by atoms with Gasteiger partial charge in [-0.3, -0.25) is 9.69 Å². The summed E-state index contributed by atoms with van der Waals surface area (Å²) in [6, 6.07) is 8.20. The molecule has 2 saturated heterocycles. The highest BCUT2D eigenvalue weighted by Crippen LogP contribution is 2.34. The Balaban J connectivity index is 1.36. The van der Waals surface area contributed by atoms with Gasteiger partial charge in [0.25, 0.3) is 0 Å². The Hall–Kier alpha value is -1.75. The largest absolute Gasteiger partial charge is 0.486 e. The zero-order valence-electron chi connectivity index (χ0n) is 15.2. The van der Waals surface area contributed by atoms with Crippen LogP contribution in [0.3, 0.4) is 0 Å². The molecule has 2 atom stereocenters. The van der Waals surface area contributed by atoms with E-state index in [2.05, 4.69) is 23.6 Å². The van der Waals surface area contributed by atoms with Gasteiger partial charge in [-0.25, -0.2) is 0 Å². The Morgan fingerprint density at radius 2 is 2.00 bits per heavy atom. The van der Waals surface area contributed by atoms with Crippen molar-refractivity contribution >= 4 is 5.91 Å². The molecule has 1 aromatic rings. The molecule has 1 amide bonds. The summed E-state index contributed by atoms with van der Waals surface area (Å²) in [6.07, 6.45) is 3.28. The van der Waals surface area contributed by atoms with Crippen LogP contribution < -0.4 is 9.47 Å². The van der Waals surface area contributed by atoms with E-state index in [1.165, 1.54) is 0 Å². The van der Waals surface area contributed by atoms with Gasteiger partial charge in [0.2, 0.25) is 5.91 Å². The second-order valence-corrected chi connectivity index (χ2v) is 8.19. The van der Waals surface area contributed by atoms with Crippen molar-refractivity contribution in [3.63, 3.8) is 0 Å². The maximum Gasteiger partial charge on any atom is 0.228 e. The van der Waals surface area contributed by atoms with Gasteiger partial charge < -0.3 is 14.4 Å². The summed E-state index contributed by atoms with van der Waals surface area (Å²) in [5.41, 5.74) is -0.188. The lowest BCUT2D eigenvalue weighted by Gasteiger charge is -2.39. The van der Waals surface area contributed by atoms with Crippen LogP contribution in [0.15, 0.2) is 24.3 Å². The minimum atomic E-state index is -0.188. The van der Waals surface area contributed by atoms with Crippen LogP contribution >= 0.6 is 0 Å². The normalized spacial score (nSPS) is 29.0. The summed E-state index contributed by atoms with van der Waals surface area (Å²) in [4.78, 5) is 17.2. The minimum Gasteiger partial charge on any atom is -0.486 e. The van der Waals surface area contributed by atoms with Crippen LogP contribution in [-0.4, -0.2) is 60.6 Å². The van der Waals surface area contributed by atoms with Gasteiger partial charge in [0, 0.05) is 31.1 Å². The van der Waals surface area contributed by atoms with Gasteiger partial charge in [-0.2, -0.15) is 0 Å². The first-order valence-electron chi connectivity index (χ1n) is 9.45. The van der Waals surface area contributed by atoms with Gasteiger partial charge in [-0.05, 0) is 37.9 Å². The third kappa shape index (κ3) is 3.34. The number of fused-ring (bicyclic) bond motifs is 1. The molecule has 0 aromatic heterocycles. The number of nitrogens with zero attached hydrogens (tertiary/aromatic N) is 2. The summed E-state index contributed by atoms with van der Waals surface area (Å²) >= 11 is 0. The average molecular weight is 344 g/mol. The van der Waals surface area contributed by atoms with Crippen molar-refractivity contribution in [3.8, 4) is 11.5 Å². The number of carbonyl (C=O) groups excluding carboxylic acids is 1. The van der Waals surface area contributed by atoms with E-state index in [0.29, 0.717) is 18.6 Å². The molecule has 136 valence electrons. The van der Waals surface area contributed by atoms with Crippen molar-refractivity contribution in [2.45, 2.75) is 45.3 Å². The molecule has 5 heteroatoms. The van der Waals surface area contributed by atoms with Gasteiger partial charge in [0.05, 0.1) is 0 Å². The zero-order chi connectivity index (χ0) is 17.4. The molecule has 3 aliphatic heterocycles. The first-order chi connectivity index (χ1) is 12.0. The van der Waals surface area contributed by atoms with E-state index in [-0.39, 0.29) is 11.5 Å². The molecule has 25 heavy (non-hydrogen) atoms. The number of likely N-dealkylation sites (tertiary alicyclic amines) is 2. The molecule has 1 aromatic carbocycles. The van der Waals surface area contributed by atoms with Crippen molar-refractivity contribution in [2.75, 3.05) is 32.8 Å². The lowest BCUT2D eigenvalue weighted by molar-refractivity contribution is -0.137. The highest BCUT2D eigenvalue weighted by molar-refractivity contribution is 5.84. The standard InChI is InChI=1S/C20H28N2O3/c1-20(2)9-11-22(19(20)23)15-6-5-10-21(12-15)13-16-14-24-17-7-3-4-8-18(17)25-16/h3-4,7-8,15-16H,5-6,9-14H2,1-2H3. The number of ether oxygens (including phenoxy) is 2. The fourth-order valence-corrected chi connectivity index (χ4v) is 4.24. The summed E-state index contributed by atoms with van der Waals surface area (Å²) < 4.78 is 11.9. The van der Waals surface area contributed by atoms with E-state index in [1.54, 1.807) is 0 Å². The van der Waals surface area contributed by atoms with Crippen molar-refractivity contribution in [3.05, 3.63) is 24.3 Å². The van der Waals surface area contributed by atoms with Gasteiger partial charge in [-0.1, -0.05) is 26.0 Å². The van der Waals surface area contributed by atoms with Gasteiger partial charge in [0.1, 0.15) is 12.7 Å². The molecule has 5 nitrogen and oxygen atoms in total. The molecule has 3 aliphatic rings. The van der Waals surface area contributed by atoms with Crippen molar-refractivity contribution in [2.24, 2.45) is 5.41 Å². The molecule has 0 saturated carbocycles. The Kier molecular flexibility index (Phi) is 4.36. The van der Waals surface area contributed by atoms with E-state index in [1.807, 2.05) is 24.3 Å². The van der Waals surface area contributed by atoms with Crippen LogP contribution in [0.5, 0.6) is 11.5 Å². The molecule has 0 spiro atoms. The van der Waals surface area contributed by atoms with Crippen LogP contribution in [0.25, 0.3) is 0 Å². The van der Waals surface area contributed by atoms with Crippen LogP contribution in [0.2, 0.25) is 0 Å². The molecular formula is C20H28N2O3. The highest BCUT2D eigenvalue weighted by atomic mass is 16.6. The maximum absolute atomic E-state index is 12.6. The summed E-state index contributed by atoms with van der Waals surface area (Å²) in [5.74, 6) is 1.99. The SMILES string of the molecule is CC1(C)CCN(C2CCCN(CC3COc4ccccc4O3)C2)C1=O. The van der Waals surface area contributed by atoms with Crippen LogP contribution in [0.1, 0.15) is 33.1 Å². The molecule has 3 heterocycles. The first kappa shape index (κ1) is 16.7. The molecular weight excluding hydrogens is 316 g/mol. The number of hydrogen-bond donors (Lipinski definition) is 0. The number of benzene rings is 1. The maximum atomic E-state index is 12.6. The molecule has 2 unspecified atom stereocenters. The lowest BCUT2D eigenvalue weighted by Crippen LogP contribution is -2.52. The number of rotatable bonds is 3. The first-order valence-corrected chi connectivity index (χ1v) is 9.45. The number of piperidine rings is 1. The zero-order valence-corrected chi connectivity index (χ0v) is 15.2. The van der Waals surface area contributed by atoms with Gasteiger partial charge in [-0.15, -0.1) is 0 Å². The van der Waals surface area contributed by atoms with Crippen molar-refractivity contribution < 1.29 is 14.3 Å². The summed E-state index contributed by atoms with van der Waals surface area (Å²) in [5, 5.41) is 0. The lowest BCUT2D eigenvalue weighted by atomic mass is 9.92. The van der Waals surface area contributed by atoms with E-state index < -0.39 is 0 Å². The minimum absolute atomic E-state index is 0.0550. The molecule has 0 aliphatic carbocycles. The second-order valence-electron chi connectivity index (χ2n) is 8.19. The third-order valence-corrected chi connectivity index (χ3v) is 5.77. The molecule has 0 radical (unpaired) electrons. The highest BCUT2D eigenvalue weighted by Gasteiger charge is 2.42. The Morgan fingerprint density at radius 1 is 1.20 bits per heavy atom. The number of amides is 1. The van der Waals surface area contributed by atoms with Gasteiger partial charge >= 0.3 is 0 Å². The monoisotopic (exact) mass is 344 g/mol. The van der Waals surface area contributed by atoms with E-state index in [9.17, 15) is 4.79 Å². The van der Waals surface area contributed by atoms with E-state index in [4.69, 9.17) is 9.47 Å². The smallest absolute Gasteiger partial charge is 0.228 e. The van der Waals surface area contributed by atoms with Crippen molar-refractivity contribution in [1.82, 2.24) is 9.80 Å². The van der Waals surface area contributed by atoms with Crippen LogP contribution in [0.4, 0.5) is 0 Å². The van der Waals surface area contributed by atoms with E-state index in [0.717, 1.165) is 56.9 Å². The Labute approximate surface area is 149 Å².